The number of pyridine rings is 1. The van der Waals surface area contributed by atoms with Crippen LogP contribution in [0.3, 0.4) is 0 Å². The molecule has 1 aliphatic rings. The molecule has 5 heteroatoms. The molecule has 0 radical (unpaired) electrons. The Bertz CT molecular complexity index is 506. The van der Waals surface area contributed by atoms with Crippen LogP contribution >= 0.6 is 11.8 Å². The van der Waals surface area contributed by atoms with E-state index in [0.717, 1.165) is 5.52 Å². The van der Waals surface area contributed by atoms with Gasteiger partial charge < -0.3 is 5.11 Å². The van der Waals surface area contributed by atoms with Gasteiger partial charge in [-0.2, -0.15) is 5.10 Å². The highest BCUT2D eigenvalue weighted by molar-refractivity contribution is 8.02. The zero-order valence-corrected chi connectivity index (χ0v) is 9.88. The van der Waals surface area contributed by atoms with Gasteiger partial charge in [0.25, 0.3) is 0 Å². The van der Waals surface area contributed by atoms with Crippen LogP contribution in [-0.2, 0) is 4.79 Å². The minimum atomic E-state index is -0.716. The number of aliphatic carboxylic acids is 1. The lowest BCUT2D eigenvalue weighted by Crippen LogP contribution is -2.09. The summed E-state index contributed by atoms with van der Waals surface area (Å²) >= 11 is 1.55. The lowest BCUT2D eigenvalue weighted by atomic mass is 10.2. The molecule has 2 aromatic heterocycles. The van der Waals surface area contributed by atoms with Gasteiger partial charge in [0.2, 0.25) is 0 Å². The van der Waals surface area contributed by atoms with Gasteiger partial charge in [0.15, 0.2) is 0 Å². The van der Waals surface area contributed by atoms with E-state index in [4.69, 9.17) is 5.11 Å². The van der Waals surface area contributed by atoms with Crippen molar-refractivity contribution in [2.24, 2.45) is 5.92 Å². The Balaban J connectivity index is 0.000000128. The second-order valence-corrected chi connectivity index (χ2v) is 4.45. The van der Waals surface area contributed by atoms with Gasteiger partial charge in [0.05, 0.1) is 11.4 Å². The van der Waals surface area contributed by atoms with Gasteiger partial charge >= 0.3 is 5.97 Å². The zero-order chi connectivity index (χ0) is 12.1. The molecule has 0 spiro atoms. The van der Waals surface area contributed by atoms with E-state index >= 15 is 0 Å². The van der Waals surface area contributed by atoms with E-state index < -0.39 is 5.97 Å². The monoisotopic (exact) mass is 248 g/mol. The van der Waals surface area contributed by atoms with Crippen molar-refractivity contribution in [1.29, 1.82) is 0 Å². The van der Waals surface area contributed by atoms with Gasteiger partial charge in [-0.15, -0.1) is 11.8 Å². The van der Waals surface area contributed by atoms with E-state index in [9.17, 15) is 4.79 Å². The Morgan fingerprint density at radius 2 is 2.35 bits per heavy atom. The van der Waals surface area contributed by atoms with Crippen molar-refractivity contribution in [1.82, 2.24) is 9.61 Å². The molecule has 3 rings (SSSR count). The first kappa shape index (κ1) is 11.7. The summed E-state index contributed by atoms with van der Waals surface area (Å²) in [5.74, 6) is -0.249. The average Bonchev–Trinajstić information content (AvgIpc) is 3.01. The van der Waals surface area contributed by atoms with Crippen LogP contribution in [0.4, 0.5) is 0 Å². The number of thioether (sulfide) groups is 1. The number of carboxylic acids is 1. The number of aromatic nitrogens is 2. The summed E-state index contributed by atoms with van der Waals surface area (Å²) in [6, 6.07) is 7.95. The van der Waals surface area contributed by atoms with Crippen LogP contribution in [-0.4, -0.2) is 26.4 Å². The van der Waals surface area contributed by atoms with Crippen LogP contribution in [0.25, 0.3) is 5.52 Å². The number of carboxylic acid groups (broad SMARTS) is 1. The normalized spacial score (nSPS) is 17.8. The lowest BCUT2D eigenvalue weighted by molar-refractivity contribution is -0.139. The first-order valence-electron chi connectivity index (χ1n) is 5.17. The van der Waals surface area contributed by atoms with Crippen LogP contribution < -0.4 is 0 Å². The predicted molar refractivity (Wildman–Crippen MR) is 67.9 cm³/mol. The van der Waals surface area contributed by atoms with Crippen molar-refractivity contribution >= 4 is 23.2 Å². The summed E-state index contributed by atoms with van der Waals surface area (Å²) in [5, 5.41) is 14.2. The maximum absolute atomic E-state index is 10.1. The van der Waals surface area contributed by atoms with Gasteiger partial charge in [-0.25, -0.2) is 4.52 Å². The second-order valence-electron chi connectivity index (χ2n) is 3.51. The third kappa shape index (κ3) is 3.10. The van der Waals surface area contributed by atoms with E-state index in [1.54, 1.807) is 24.0 Å². The quantitative estimate of drug-likeness (QED) is 0.841. The number of fused-ring (bicyclic) bond motifs is 1. The Morgan fingerprint density at radius 3 is 2.94 bits per heavy atom. The van der Waals surface area contributed by atoms with Crippen molar-refractivity contribution < 1.29 is 9.90 Å². The van der Waals surface area contributed by atoms with Crippen LogP contribution in [0.15, 0.2) is 48.1 Å². The summed E-state index contributed by atoms with van der Waals surface area (Å²) in [6.07, 6.45) is 5.43. The molecule has 0 amide bonds. The largest absolute Gasteiger partial charge is 0.481 e. The number of rotatable bonds is 1. The van der Waals surface area contributed by atoms with Gasteiger partial charge in [0.1, 0.15) is 0 Å². The highest BCUT2D eigenvalue weighted by atomic mass is 32.2. The Kier molecular flexibility index (Phi) is 3.82. The zero-order valence-electron chi connectivity index (χ0n) is 9.06. The molecule has 0 aromatic carbocycles. The lowest BCUT2D eigenvalue weighted by Gasteiger charge is -1.94. The molecule has 0 aliphatic carbocycles. The number of nitrogens with zero attached hydrogens (tertiary/aromatic N) is 2. The van der Waals surface area contributed by atoms with Crippen LogP contribution in [0.5, 0.6) is 0 Å². The molecule has 1 unspecified atom stereocenters. The molecule has 3 heterocycles. The minimum Gasteiger partial charge on any atom is -0.481 e. The standard InChI is InChI=1S/C7H6N2.C5H6O2S/c1-2-6-9-7(3-1)4-5-8-9;6-5(7)4-1-2-8-3-4/h1-6H;1-2,4H,3H2,(H,6,7). The predicted octanol–water partition coefficient (Wildman–Crippen LogP) is 2.28. The van der Waals surface area contributed by atoms with Crippen molar-refractivity contribution in [2.45, 2.75) is 0 Å². The molecule has 1 atom stereocenters. The van der Waals surface area contributed by atoms with Crippen molar-refractivity contribution in [3.63, 3.8) is 0 Å². The van der Waals surface area contributed by atoms with Crippen molar-refractivity contribution in [3.8, 4) is 0 Å². The molecule has 0 saturated heterocycles. The van der Waals surface area contributed by atoms with E-state index in [0.29, 0.717) is 5.75 Å². The molecule has 0 fully saturated rings. The number of hydrogen-bond acceptors (Lipinski definition) is 3. The van der Waals surface area contributed by atoms with Crippen LogP contribution in [0.2, 0.25) is 0 Å². The molecular weight excluding hydrogens is 236 g/mol. The molecule has 0 saturated carbocycles. The van der Waals surface area contributed by atoms with Gasteiger partial charge in [-0.1, -0.05) is 12.1 Å². The number of hydrogen-bond donors (Lipinski definition) is 1. The summed E-state index contributed by atoms with van der Waals surface area (Å²) < 4.78 is 1.83. The van der Waals surface area contributed by atoms with Crippen LogP contribution in [0, 0.1) is 5.92 Å². The Morgan fingerprint density at radius 1 is 1.47 bits per heavy atom. The van der Waals surface area contributed by atoms with E-state index in [2.05, 4.69) is 5.10 Å². The molecule has 2 aromatic rings. The van der Waals surface area contributed by atoms with Crippen molar-refractivity contribution in [2.75, 3.05) is 5.75 Å². The minimum absolute atomic E-state index is 0.236. The SMILES string of the molecule is O=C(O)C1C=CSC1.c1ccn2nccc2c1. The van der Waals surface area contributed by atoms with E-state index in [1.165, 1.54) is 0 Å². The second kappa shape index (κ2) is 5.54. The highest BCUT2D eigenvalue weighted by Crippen LogP contribution is 2.19. The first-order chi connectivity index (χ1) is 8.27. The molecule has 1 aliphatic heterocycles. The molecule has 1 N–H and O–H groups in total. The fourth-order valence-corrected chi connectivity index (χ4v) is 2.26. The van der Waals surface area contributed by atoms with Crippen LogP contribution in [0.1, 0.15) is 0 Å². The van der Waals surface area contributed by atoms with Gasteiger partial charge in [0, 0.05) is 18.1 Å². The Labute approximate surface area is 103 Å². The maximum atomic E-state index is 10.1. The summed E-state index contributed by atoms with van der Waals surface area (Å²) in [4.78, 5) is 10.1. The molecule has 0 bridgehead atoms. The Hall–Kier alpha value is -1.75. The molecule has 4 nitrogen and oxygen atoms in total. The first-order valence-corrected chi connectivity index (χ1v) is 6.22. The van der Waals surface area contributed by atoms with Gasteiger partial charge in [-0.3, -0.25) is 4.79 Å². The maximum Gasteiger partial charge on any atom is 0.311 e. The fourth-order valence-electron chi connectivity index (χ4n) is 1.39. The smallest absolute Gasteiger partial charge is 0.311 e. The number of carbonyl (C=O) groups is 1. The van der Waals surface area contributed by atoms with E-state index in [-0.39, 0.29) is 5.92 Å². The molecular formula is C12H12N2O2S. The third-order valence-electron chi connectivity index (χ3n) is 2.31. The van der Waals surface area contributed by atoms with Gasteiger partial charge in [-0.05, 0) is 23.6 Å². The van der Waals surface area contributed by atoms with Crippen molar-refractivity contribution in [3.05, 3.63) is 48.1 Å². The summed E-state index contributed by atoms with van der Waals surface area (Å²) in [7, 11) is 0. The summed E-state index contributed by atoms with van der Waals surface area (Å²) in [5.41, 5.74) is 1.14. The van der Waals surface area contributed by atoms with E-state index in [1.807, 2.05) is 40.4 Å². The third-order valence-corrected chi connectivity index (χ3v) is 3.21. The average molecular weight is 248 g/mol. The molecule has 88 valence electrons. The topological polar surface area (TPSA) is 54.6 Å². The fraction of sp³-hybridized carbons (Fsp3) is 0.167. The summed E-state index contributed by atoms with van der Waals surface area (Å²) in [6.45, 7) is 0. The highest BCUT2D eigenvalue weighted by Gasteiger charge is 2.16. The molecule has 17 heavy (non-hydrogen) atoms.